The minimum atomic E-state index is -2.57. The molecule has 1 heterocycles. The van der Waals surface area contributed by atoms with Crippen LogP contribution in [0.2, 0.25) is 0 Å². The summed E-state index contributed by atoms with van der Waals surface area (Å²) in [5, 5.41) is 5.75. The van der Waals surface area contributed by atoms with E-state index in [2.05, 4.69) is 20.6 Å². The van der Waals surface area contributed by atoms with Gasteiger partial charge in [0.1, 0.15) is 5.82 Å². The number of carbonyl (C=O) groups excluding carboxylic acids is 1. The summed E-state index contributed by atoms with van der Waals surface area (Å²) in [6.07, 6.45) is 0. The zero-order valence-corrected chi connectivity index (χ0v) is 15.6. The monoisotopic (exact) mass is 381 g/mol. The molecule has 26 heavy (non-hydrogen) atoms. The molecule has 0 spiro atoms. The first-order chi connectivity index (χ1) is 12.4. The van der Waals surface area contributed by atoms with Crippen molar-refractivity contribution in [1.82, 2.24) is 15.3 Å². The fraction of sp³-hybridized carbons (Fsp3) is 0.353. The standard InChI is InChI=1S/C17H21F2N5OS/c1-11-10-14(24(2)3)23-17(22-11)21-9-8-20-15(25)12-6-4-5-7-13(12)26-16(18)19/h4-7,10,16H,8-9H2,1-3H3,(H,20,25)(H,21,22,23). The van der Waals surface area contributed by atoms with Gasteiger partial charge in [0, 0.05) is 43.8 Å². The highest BCUT2D eigenvalue weighted by Crippen LogP contribution is 2.28. The van der Waals surface area contributed by atoms with Crippen LogP contribution in [0.5, 0.6) is 0 Å². The number of aromatic nitrogens is 2. The van der Waals surface area contributed by atoms with E-state index in [9.17, 15) is 13.6 Å². The van der Waals surface area contributed by atoms with E-state index >= 15 is 0 Å². The zero-order valence-electron chi connectivity index (χ0n) is 14.8. The van der Waals surface area contributed by atoms with Crippen LogP contribution in [0.25, 0.3) is 0 Å². The van der Waals surface area contributed by atoms with Gasteiger partial charge in [0.25, 0.3) is 11.7 Å². The molecular weight excluding hydrogens is 360 g/mol. The molecule has 0 bridgehead atoms. The number of anilines is 2. The lowest BCUT2D eigenvalue weighted by Crippen LogP contribution is -2.29. The summed E-state index contributed by atoms with van der Waals surface area (Å²) in [6.45, 7) is 2.59. The van der Waals surface area contributed by atoms with Crippen molar-refractivity contribution in [2.75, 3.05) is 37.4 Å². The lowest BCUT2D eigenvalue weighted by atomic mass is 10.2. The molecule has 0 unspecified atom stereocenters. The second-order valence-electron chi connectivity index (χ2n) is 5.64. The molecule has 0 aliphatic heterocycles. The van der Waals surface area contributed by atoms with Gasteiger partial charge in [0.05, 0.1) is 5.56 Å². The lowest BCUT2D eigenvalue weighted by Gasteiger charge is -2.14. The van der Waals surface area contributed by atoms with Gasteiger partial charge in [0.15, 0.2) is 0 Å². The average molecular weight is 381 g/mol. The molecule has 0 fully saturated rings. The SMILES string of the molecule is Cc1cc(N(C)C)nc(NCCNC(=O)c2ccccc2SC(F)F)n1. The number of amides is 1. The number of nitrogens with zero attached hydrogens (tertiary/aromatic N) is 3. The molecule has 0 radical (unpaired) electrons. The van der Waals surface area contributed by atoms with Gasteiger partial charge in [0.2, 0.25) is 5.95 Å². The topological polar surface area (TPSA) is 70.2 Å². The first-order valence-corrected chi connectivity index (χ1v) is 8.83. The lowest BCUT2D eigenvalue weighted by molar-refractivity contribution is 0.0952. The summed E-state index contributed by atoms with van der Waals surface area (Å²) in [5.74, 6) is -1.72. The number of thioether (sulfide) groups is 1. The maximum absolute atomic E-state index is 12.6. The highest BCUT2D eigenvalue weighted by molar-refractivity contribution is 7.99. The van der Waals surface area contributed by atoms with Gasteiger partial charge in [-0.15, -0.1) is 0 Å². The Bertz CT molecular complexity index is 758. The third kappa shape index (κ3) is 5.83. The predicted octanol–water partition coefficient (Wildman–Crippen LogP) is 3.01. The molecule has 2 N–H and O–H groups in total. The number of alkyl halides is 2. The predicted molar refractivity (Wildman–Crippen MR) is 100 cm³/mol. The van der Waals surface area contributed by atoms with Crippen molar-refractivity contribution in [1.29, 1.82) is 0 Å². The Morgan fingerprint density at radius 2 is 1.96 bits per heavy atom. The van der Waals surface area contributed by atoms with E-state index in [0.29, 0.717) is 30.8 Å². The minimum absolute atomic E-state index is 0.236. The van der Waals surface area contributed by atoms with Crippen molar-refractivity contribution in [3.05, 3.63) is 41.6 Å². The van der Waals surface area contributed by atoms with Crippen LogP contribution >= 0.6 is 11.8 Å². The average Bonchev–Trinajstić information content (AvgIpc) is 2.58. The van der Waals surface area contributed by atoms with Crippen LogP contribution in [-0.2, 0) is 0 Å². The van der Waals surface area contributed by atoms with Crippen molar-refractivity contribution < 1.29 is 13.6 Å². The summed E-state index contributed by atoms with van der Waals surface area (Å²) < 4.78 is 25.2. The van der Waals surface area contributed by atoms with Gasteiger partial charge in [-0.1, -0.05) is 23.9 Å². The highest BCUT2D eigenvalue weighted by Gasteiger charge is 2.14. The molecule has 0 aliphatic rings. The third-order valence-corrected chi connectivity index (χ3v) is 4.13. The summed E-state index contributed by atoms with van der Waals surface area (Å²) in [5.41, 5.74) is 1.06. The number of aryl methyl sites for hydroxylation is 1. The van der Waals surface area contributed by atoms with Crippen molar-refractivity contribution in [2.24, 2.45) is 0 Å². The molecule has 1 aromatic heterocycles. The summed E-state index contributed by atoms with van der Waals surface area (Å²) in [6, 6.07) is 8.17. The fourth-order valence-corrected chi connectivity index (χ4v) is 2.80. The number of rotatable bonds is 8. The molecular formula is C17H21F2N5OS. The van der Waals surface area contributed by atoms with E-state index in [1.807, 2.05) is 32.0 Å². The molecule has 0 aliphatic carbocycles. The Labute approximate surface area is 155 Å². The number of hydrogen-bond donors (Lipinski definition) is 2. The van der Waals surface area contributed by atoms with Crippen LogP contribution < -0.4 is 15.5 Å². The van der Waals surface area contributed by atoms with E-state index < -0.39 is 11.7 Å². The smallest absolute Gasteiger partial charge is 0.288 e. The van der Waals surface area contributed by atoms with E-state index in [1.54, 1.807) is 12.1 Å². The Kier molecular flexibility index (Phi) is 7.14. The van der Waals surface area contributed by atoms with Gasteiger partial charge < -0.3 is 15.5 Å². The Balaban J connectivity index is 1.90. The number of halogens is 2. The number of nitrogens with one attached hydrogen (secondary N) is 2. The Hall–Kier alpha value is -2.42. The summed E-state index contributed by atoms with van der Waals surface area (Å²) in [4.78, 5) is 23.0. The zero-order chi connectivity index (χ0) is 19.1. The van der Waals surface area contributed by atoms with Crippen molar-refractivity contribution >= 4 is 29.4 Å². The molecule has 0 saturated carbocycles. The van der Waals surface area contributed by atoms with Gasteiger partial charge in [-0.2, -0.15) is 13.8 Å². The molecule has 2 aromatic rings. The van der Waals surface area contributed by atoms with Crippen LogP contribution in [-0.4, -0.2) is 48.8 Å². The van der Waals surface area contributed by atoms with E-state index in [-0.39, 0.29) is 10.5 Å². The van der Waals surface area contributed by atoms with Gasteiger partial charge >= 0.3 is 0 Å². The molecule has 1 aromatic carbocycles. The number of hydrogen-bond acceptors (Lipinski definition) is 6. The van der Waals surface area contributed by atoms with Crippen LogP contribution in [0, 0.1) is 6.92 Å². The van der Waals surface area contributed by atoms with Crippen molar-refractivity contribution in [3.8, 4) is 0 Å². The van der Waals surface area contributed by atoms with Crippen molar-refractivity contribution in [2.45, 2.75) is 17.6 Å². The van der Waals surface area contributed by atoms with Crippen molar-refractivity contribution in [3.63, 3.8) is 0 Å². The summed E-state index contributed by atoms with van der Waals surface area (Å²) in [7, 11) is 3.78. The Morgan fingerprint density at radius 3 is 2.65 bits per heavy atom. The highest BCUT2D eigenvalue weighted by atomic mass is 32.2. The van der Waals surface area contributed by atoms with Gasteiger partial charge in [-0.25, -0.2) is 4.98 Å². The van der Waals surface area contributed by atoms with E-state index in [1.165, 1.54) is 12.1 Å². The summed E-state index contributed by atoms with van der Waals surface area (Å²) >= 11 is 0.361. The number of benzene rings is 1. The first-order valence-electron chi connectivity index (χ1n) is 7.95. The largest absolute Gasteiger partial charge is 0.363 e. The normalized spacial score (nSPS) is 10.7. The molecule has 140 valence electrons. The molecule has 1 amide bonds. The minimum Gasteiger partial charge on any atom is -0.363 e. The molecule has 0 atom stereocenters. The maximum Gasteiger partial charge on any atom is 0.288 e. The van der Waals surface area contributed by atoms with Gasteiger partial charge in [-0.3, -0.25) is 4.79 Å². The molecule has 6 nitrogen and oxygen atoms in total. The molecule has 9 heteroatoms. The van der Waals surface area contributed by atoms with Crippen LogP contribution in [0.4, 0.5) is 20.5 Å². The second kappa shape index (κ2) is 9.33. The Morgan fingerprint density at radius 1 is 1.23 bits per heavy atom. The molecule has 0 saturated heterocycles. The number of carbonyl (C=O) groups is 1. The van der Waals surface area contributed by atoms with E-state index in [4.69, 9.17) is 0 Å². The molecule has 2 rings (SSSR count). The van der Waals surface area contributed by atoms with Crippen LogP contribution in [0.15, 0.2) is 35.2 Å². The first kappa shape index (κ1) is 19.9. The van der Waals surface area contributed by atoms with E-state index in [0.717, 1.165) is 11.5 Å². The fourth-order valence-electron chi connectivity index (χ4n) is 2.16. The maximum atomic E-state index is 12.6. The van der Waals surface area contributed by atoms with Crippen LogP contribution in [0.3, 0.4) is 0 Å². The third-order valence-electron chi connectivity index (χ3n) is 3.34. The van der Waals surface area contributed by atoms with Crippen LogP contribution in [0.1, 0.15) is 16.1 Å². The second-order valence-corrected chi connectivity index (χ2v) is 6.67. The van der Waals surface area contributed by atoms with Gasteiger partial charge in [-0.05, 0) is 19.1 Å². The quantitative estimate of drug-likeness (QED) is 0.541.